The van der Waals surface area contributed by atoms with E-state index in [0.29, 0.717) is 6.04 Å². The van der Waals surface area contributed by atoms with Crippen LogP contribution in [0.1, 0.15) is 11.1 Å². The molecule has 1 fully saturated rings. The number of likely N-dealkylation sites (N-methyl/N-ethyl adjacent to an activating group) is 1. The quantitative estimate of drug-likeness (QED) is 0.831. The van der Waals surface area contributed by atoms with Gasteiger partial charge in [-0.3, -0.25) is 0 Å². The van der Waals surface area contributed by atoms with Gasteiger partial charge in [0.15, 0.2) is 0 Å². The maximum absolute atomic E-state index is 3.30. The number of hydrogen-bond acceptors (Lipinski definition) is 2. The van der Waals surface area contributed by atoms with Gasteiger partial charge < -0.3 is 10.2 Å². The Morgan fingerprint density at radius 2 is 1.87 bits per heavy atom. The summed E-state index contributed by atoms with van der Waals surface area (Å²) in [4.78, 5) is 2.36. The minimum Gasteiger partial charge on any atom is -0.369 e. The van der Waals surface area contributed by atoms with Gasteiger partial charge in [-0.1, -0.05) is 6.07 Å². The highest BCUT2D eigenvalue weighted by atomic mass is 35.5. The largest absolute Gasteiger partial charge is 0.369 e. The van der Waals surface area contributed by atoms with E-state index in [4.69, 9.17) is 0 Å². The maximum atomic E-state index is 3.30. The number of halogens is 1. The predicted octanol–water partition coefficient (Wildman–Crippen LogP) is 2.13. The summed E-state index contributed by atoms with van der Waals surface area (Å²) >= 11 is 0. The van der Waals surface area contributed by atoms with Gasteiger partial charge in [-0.25, -0.2) is 0 Å². The molecule has 0 unspecified atom stereocenters. The SMILES string of the molecule is Cc1ccc(N(C)C2CNC2)cc1C.Cl. The molecular formula is C12H19ClN2. The lowest BCUT2D eigenvalue weighted by molar-refractivity contribution is 0.428. The standard InChI is InChI=1S/C12H18N2.ClH/c1-9-4-5-11(6-10(9)2)14(3)12-7-13-8-12;/h4-6,12-13H,7-8H2,1-3H3;1H. The summed E-state index contributed by atoms with van der Waals surface area (Å²) in [7, 11) is 2.18. The van der Waals surface area contributed by atoms with E-state index in [1.54, 1.807) is 0 Å². The molecule has 1 aromatic rings. The number of nitrogens with one attached hydrogen (secondary N) is 1. The molecule has 1 aliphatic heterocycles. The lowest BCUT2D eigenvalue weighted by Gasteiger charge is -2.37. The van der Waals surface area contributed by atoms with Crippen LogP contribution in [0.25, 0.3) is 0 Å². The fourth-order valence-corrected chi connectivity index (χ4v) is 1.70. The molecule has 1 N–H and O–H groups in total. The van der Waals surface area contributed by atoms with E-state index < -0.39 is 0 Å². The average molecular weight is 227 g/mol. The number of aryl methyl sites for hydroxylation is 2. The van der Waals surface area contributed by atoms with Crippen molar-refractivity contribution in [2.45, 2.75) is 19.9 Å². The van der Waals surface area contributed by atoms with E-state index in [0.717, 1.165) is 13.1 Å². The second-order valence-electron chi connectivity index (χ2n) is 4.19. The van der Waals surface area contributed by atoms with Crippen LogP contribution in [0.15, 0.2) is 18.2 Å². The third-order valence-electron chi connectivity index (χ3n) is 3.21. The molecule has 0 aromatic heterocycles. The Kier molecular flexibility index (Phi) is 4.00. The molecule has 1 aliphatic rings. The molecule has 2 nitrogen and oxygen atoms in total. The molecule has 84 valence electrons. The first-order chi connectivity index (χ1) is 6.68. The zero-order chi connectivity index (χ0) is 10.1. The number of anilines is 1. The molecular weight excluding hydrogens is 208 g/mol. The van der Waals surface area contributed by atoms with Crippen LogP contribution < -0.4 is 10.2 Å². The molecule has 0 bridgehead atoms. The molecule has 0 saturated carbocycles. The molecule has 0 spiro atoms. The van der Waals surface area contributed by atoms with Crippen molar-refractivity contribution < 1.29 is 0 Å². The van der Waals surface area contributed by atoms with E-state index in [1.165, 1.54) is 16.8 Å². The van der Waals surface area contributed by atoms with Crippen LogP contribution in [-0.4, -0.2) is 26.2 Å². The Bertz CT molecular complexity index is 334. The highest BCUT2D eigenvalue weighted by Gasteiger charge is 2.21. The summed E-state index contributed by atoms with van der Waals surface area (Å²) in [6, 6.07) is 7.36. The second kappa shape index (κ2) is 4.86. The Labute approximate surface area is 98.1 Å². The molecule has 0 radical (unpaired) electrons. The van der Waals surface area contributed by atoms with Gasteiger partial charge in [-0.05, 0) is 37.1 Å². The van der Waals surface area contributed by atoms with Gasteiger partial charge >= 0.3 is 0 Å². The summed E-state index contributed by atoms with van der Waals surface area (Å²) in [6.45, 7) is 6.56. The lowest BCUT2D eigenvalue weighted by Crippen LogP contribution is -2.56. The number of nitrogens with zero attached hydrogens (tertiary/aromatic N) is 1. The van der Waals surface area contributed by atoms with Crippen LogP contribution in [-0.2, 0) is 0 Å². The predicted molar refractivity (Wildman–Crippen MR) is 68.2 cm³/mol. The summed E-state index contributed by atoms with van der Waals surface area (Å²) in [5, 5.41) is 3.30. The first kappa shape index (κ1) is 12.3. The highest BCUT2D eigenvalue weighted by Crippen LogP contribution is 2.20. The zero-order valence-corrected chi connectivity index (χ0v) is 10.4. The highest BCUT2D eigenvalue weighted by molar-refractivity contribution is 5.85. The third kappa shape index (κ3) is 2.44. The fourth-order valence-electron chi connectivity index (χ4n) is 1.70. The van der Waals surface area contributed by atoms with Gasteiger partial charge in [0.2, 0.25) is 0 Å². The van der Waals surface area contributed by atoms with Gasteiger partial charge in [0.1, 0.15) is 0 Å². The Morgan fingerprint density at radius 3 is 2.33 bits per heavy atom. The van der Waals surface area contributed by atoms with E-state index in [9.17, 15) is 0 Å². The summed E-state index contributed by atoms with van der Waals surface area (Å²) in [6.07, 6.45) is 0. The summed E-state index contributed by atoms with van der Waals surface area (Å²) in [5.74, 6) is 0. The van der Waals surface area contributed by atoms with Crippen molar-refractivity contribution in [3.8, 4) is 0 Å². The summed E-state index contributed by atoms with van der Waals surface area (Å²) in [5.41, 5.74) is 4.08. The Balaban J connectivity index is 0.00000112. The monoisotopic (exact) mass is 226 g/mol. The smallest absolute Gasteiger partial charge is 0.0535 e. The van der Waals surface area contributed by atoms with Crippen LogP contribution in [0, 0.1) is 13.8 Å². The van der Waals surface area contributed by atoms with Crippen molar-refractivity contribution in [2.75, 3.05) is 25.0 Å². The minimum atomic E-state index is 0. The van der Waals surface area contributed by atoms with Crippen molar-refractivity contribution in [3.05, 3.63) is 29.3 Å². The number of hydrogen-bond donors (Lipinski definition) is 1. The zero-order valence-electron chi connectivity index (χ0n) is 9.58. The second-order valence-corrected chi connectivity index (χ2v) is 4.19. The van der Waals surface area contributed by atoms with Crippen LogP contribution >= 0.6 is 12.4 Å². The Morgan fingerprint density at radius 1 is 1.20 bits per heavy atom. The average Bonchev–Trinajstić information content (AvgIpc) is 2.06. The topological polar surface area (TPSA) is 15.3 Å². The molecule has 0 atom stereocenters. The van der Waals surface area contributed by atoms with Gasteiger partial charge in [-0.15, -0.1) is 12.4 Å². The van der Waals surface area contributed by atoms with Crippen molar-refractivity contribution in [2.24, 2.45) is 0 Å². The fraction of sp³-hybridized carbons (Fsp3) is 0.500. The molecule has 2 rings (SSSR count). The van der Waals surface area contributed by atoms with Crippen molar-refractivity contribution >= 4 is 18.1 Å². The van der Waals surface area contributed by atoms with Crippen molar-refractivity contribution in [3.63, 3.8) is 0 Å². The van der Waals surface area contributed by atoms with E-state index in [1.807, 2.05) is 0 Å². The van der Waals surface area contributed by atoms with Gasteiger partial charge in [0, 0.05) is 25.8 Å². The van der Waals surface area contributed by atoms with Gasteiger partial charge in [0.25, 0.3) is 0 Å². The molecule has 1 saturated heterocycles. The molecule has 15 heavy (non-hydrogen) atoms. The number of benzene rings is 1. The van der Waals surface area contributed by atoms with E-state index in [2.05, 4.69) is 49.3 Å². The van der Waals surface area contributed by atoms with Crippen LogP contribution in [0.2, 0.25) is 0 Å². The van der Waals surface area contributed by atoms with Crippen LogP contribution in [0.3, 0.4) is 0 Å². The third-order valence-corrected chi connectivity index (χ3v) is 3.21. The van der Waals surface area contributed by atoms with Gasteiger partial charge in [-0.2, -0.15) is 0 Å². The molecule has 3 heteroatoms. The minimum absolute atomic E-state index is 0. The molecule has 0 aliphatic carbocycles. The molecule has 1 heterocycles. The normalized spacial score (nSPS) is 15.4. The van der Waals surface area contributed by atoms with Crippen LogP contribution in [0.4, 0.5) is 5.69 Å². The Hall–Kier alpha value is -0.730. The molecule has 0 amide bonds. The maximum Gasteiger partial charge on any atom is 0.0535 e. The first-order valence-corrected chi connectivity index (χ1v) is 5.19. The van der Waals surface area contributed by atoms with E-state index in [-0.39, 0.29) is 12.4 Å². The van der Waals surface area contributed by atoms with Crippen molar-refractivity contribution in [1.82, 2.24) is 5.32 Å². The lowest BCUT2D eigenvalue weighted by atomic mass is 10.1. The molecule has 1 aromatic carbocycles. The summed E-state index contributed by atoms with van der Waals surface area (Å²) < 4.78 is 0. The van der Waals surface area contributed by atoms with Crippen LogP contribution in [0.5, 0.6) is 0 Å². The first-order valence-electron chi connectivity index (χ1n) is 5.19. The van der Waals surface area contributed by atoms with Crippen molar-refractivity contribution in [1.29, 1.82) is 0 Å². The van der Waals surface area contributed by atoms with E-state index >= 15 is 0 Å². The number of rotatable bonds is 2. The van der Waals surface area contributed by atoms with Gasteiger partial charge in [0.05, 0.1) is 6.04 Å².